The number of methoxy groups -OCH3 is 2. The summed E-state index contributed by atoms with van der Waals surface area (Å²) in [6, 6.07) is 16.7. The zero-order valence-corrected chi connectivity index (χ0v) is 18.7. The lowest BCUT2D eigenvalue weighted by molar-refractivity contribution is -0.136. The summed E-state index contributed by atoms with van der Waals surface area (Å²) in [5, 5.41) is 0. The van der Waals surface area contributed by atoms with Crippen molar-refractivity contribution < 1.29 is 14.3 Å². The van der Waals surface area contributed by atoms with Gasteiger partial charge in [-0.25, -0.2) is 4.79 Å². The van der Waals surface area contributed by atoms with Crippen molar-refractivity contribution >= 4 is 27.6 Å². The molecule has 5 heteroatoms. The van der Waals surface area contributed by atoms with Crippen molar-refractivity contribution in [2.24, 2.45) is 11.8 Å². The number of carbonyl (C=O) groups excluding carboxylic acids is 1. The Balaban J connectivity index is 1.76. The molecular formula is C24H26BrNO3. The van der Waals surface area contributed by atoms with Crippen LogP contribution in [0, 0.1) is 11.8 Å². The lowest BCUT2D eigenvalue weighted by Gasteiger charge is -2.35. The van der Waals surface area contributed by atoms with Crippen LogP contribution in [0.4, 0.5) is 5.69 Å². The van der Waals surface area contributed by atoms with Crippen LogP contribution in [0.25, 0.3) is 0 Å². The van der Waals surface area contributed by atoms with E-state index in [4.69, 9.17) is 9.47 Å². The van der Waals surface area contributed by atoms with E-state index in [1.165, 1.54) is 18.4 Å². The second kappa shape index (κ2) is 7.96. The number of hydrogen-bond acceptors (Lipinski definition) is 4. The first-order valence-corrected chi connectivity index (χ1v) is 10.7. The molecule has 4 rings (SSSR count). The number of anilines is 1. The Labute approximate surface area is 180 Å². The largest absolute Gasteiger partial charge is 0.466 e. The summed E-state index contributed by atoms with van der Waals surface area (Å²) < 4.78 is 12.2. The van der Waals surface area contributed by atoms with Crippen molar-refractivity contribution in [3.05, 3.63) is 75.8 Å². The highest BCUT2D eigenvalue weighted by atomic mass is 79.9. The summed E-state index contributed by atoms with van der Waals surface area (Å²) in [5.74, 6) is 0.0798. The van der Waals surface area contributed by atoms with E-state index in [-0.39, 0.29) is 35.9 Å². The third-order valence-corrected chi connectivity index (χ3v) is 7.24. The van der Waals surface area contributed by atoms with Crippen molar-refractivity contribution in [3.63, 3.8) is 0 Å². The van der Waals surface area contributed by atoms with E-state index >= 15 is 0 Å². The van der Waals surface area contributed by atoms with Gasteiger partial charge in [0, 0.05) is 47.8 Å². The van der Waals surface area contributed by atoms with Crippen LogP contribution in [-0.2, 0) is 14.3 Å². The summed E-state index contributed by atoms with van der Waals surface area (Å²) in [5.41, 5.74) is 4.26. The summed E-state index contributed by atoms with van der Waals surface area (Å²) in [4.78, 5) is 15.0. The van der Waals surface area contributed by atoms with E-state index in [1.54, 1.807) is 7.11 Å². The van der Waals surface area contributed by atoms with Crippen LogP contribution in [-0.4, -0.2) is 33.3 Å². The maximum atomic E-state index is 12.7. The number of hydrogen-bond donors (Lipinski definition) is 0. The fourth-order valence-corrected chi connectivity index (χ4v) is 5.70. The number of para-hydroxylation sites is 1. The Bertz CT molecular complexity index is 957. The molecule has 4 nitrogen and oxygen atoms in total. The van der Waals surface area contributed by atoms with Gasteiger partial charge >= 0.3 is 5.97 Å². The number of benzene rings is 2. The van der Waals surface area contributed by atoms with Crippen molar-refractivity contribution in [3.8, 4) is 0 Å². The van der Waals surface area contributed by atoms with Crippen molar-refractivity contribution in [2.45, 2.75) is 25.0 Å². The third-order valence-electron chi connectivity index (χ3n) is 6.51. The normalized spacial score (nSPS) is 24.5. The second-order valence-corrected chi connectivity index (χ2v) is 8.72. The molecule has 0 amide bonds. The SMILES string of the molecule is COC(=O)C1=C[C@H]([C@@H](C)[C@H](OC)c2ccccc2Br)[C@H]2[C@H]1c1ccccc1N2C. The summed E-state index contributed by atoms with van der Waals surface area (Å²) in [7, 11) is 5.33. The lowest BCUT2D eigenvalue weighted by Crippen LogP contribution is -2.38. The molecule has 0 aromatic heterocycles. The predicted octanol–water partition coefficient (Wildman–Crippen LogP) is 5.10. The molecule has 0 N–H and O–H groups in total. The first-order valence-electron chi connectivity index (χ1n) is 9.88. The van der Waals surface area contributed by atoms with Gasteiger partial charge in [0.1, 0.15) is 0 Å². The minimum atomic E-state index is -0.241. The molecule has 152 valence electrons. The summed E-state index contributed by atoms with van der Waals surface area (Å²) in [6.45, 7) is 2.21. The number of halogens is 1. The Kier molecular flexibility index (Phi) is 5.54. The first-order chi connectivity index (χ1) is 14.0. The molecule has 0 bridgehead atoms. The van der Waals surface area contributed by atoms with Gasteiger partial charge in [0.25, 0.3) is 0 Å². The van der Waals surface area contributed by atoms with Crippen LogP contribution < -0.4 is 4.90 Å². The van der Waals surface area contributed by atoms with Gasteiger partial charge in [0.2, 0.25) is 0 Å². The maximum Gasteiger partial charge on any atom is 0.334 e. The average molecular weight is 456 g/mol. The molecule has 2 aromatic rings. The molecule has 2 aromatic carbocycles. The molecule has 1 heterocycles. The molecule has 0 radical (unpaired) electrons. The molecule has 5 atom stereocenters. The molecule has 2 aliphatic rings. The zero-order valence-electron chi connectivity index (χ0n) is 17.1. The summed E-state index contributed by atoms with van der Waals surface area (Å²) in [6.07, 6.45) is 2.03. The smallest absolute Gasteiger partial charge is 0.334 e. The van der Waals surface area contributed by atoms with Crippen LogP contribution >= 0.6 is 15.9 Å². The number of ether oxygens (including phenoxy) is 2. The maximum absolute atomic E-state index is 12.7. The van der Waals surface area contributed by atoms with E-state index in [9.17, 15) is 4.79 Å². The van der Waals surface area contributed by atoms with E-state index in [2.05, 4.69) is 65.1 Å². The standard InChI is InChI=1S/C24H26BrNO3/c1-14(23(28-3)15-9-5-7-11-19(15)25)17-13-18(24(27)29-4)21-16-10-6-8-12-20(16)26(2)22(17)21/h5-14,17,21-23H,1-4H3/t14-,17-,21+,22+,23+/m1/s1. The van der Waals surface area contributed by atoms with Crippen molar-refractivity contribution in [2.75, 3.05) is 26.2 Å². The minimum Gasteiger partial charge on any atom is -0.466 e. The topological polar surface area (TPSA) is 38.8 Å². The van der Waals surface area contributed by atoms with Gasteiger partial charge < -0.3 is 14.4 Å². The Hall–Kier alpha value is -2.11. The van der Waals surface area contributed by atoms with Gasteiger partial charge in [-0.3, -0.25) is 0 Å². The van der Waals surface area contributed by atoms with E-state index in [0.29, 0.717) is 0 Å². The molecule has 0 saturated carbocycles. The van der Waals surface area contributed by atoms with Crippen molar-refractivity contribution in [1.82, 2.24) is 0 Å². The van der Waals surface area contributed by atoms with Gasteiger partial charge in [0.15, 0.2) is 0 Å². The monoisotopic (exact) mass is 455 g/mol. The number of likely N-dealkylation sites (N-methyl/N-ethyl adjacent to an activating group) is 1. The minimum absolute atomic E-state index is 0.0211. The van der Waals surface area contributed by atoms with Crippen LogP contribution in [0.1, 0.15) is 30.1 Å². The molecule has 29 heavy (non-hydrogen) atoms. The molecule has 1 aliphatic heterocycles. The third kappa shape index (κ3) is 3.21. The number of fused-ring (bicyclic) bond motifs is 3. The fraction of sp³-hybridized carbons (Fsp3) is 0.375. The Morgan fingerprint density at radius 1 is 1.10 bits per heavy atom. The highest BCUT2D eigenvalue weighted by Gasteiger charge is 2.51. The molecular weight excluding hydrogens is 430 g/mol. The predicted molar refractivity (Wildman–Crippen MR) is 118 cm³/mol. The highest BCUT2D eigenvalue weighted by Crippen LogP contribution is 2.54. The zero-order chi connectivity index (χ0) is 20.7. The van der Waals surface area contributed by atoms with E-state index in [0.717, 1.165) is 15.6 Å². The number of nitrogens with zero attached hydrogens (tertiary/aromatic N) is 1. The fourth-order valence-electron chi connectivity index (χ4n) is 5.19. The van der Waals surface area contributed by atoms with Crippen LogP contribution in [0.3, 0.4) is 0 Å². The number of rotatable bonds is 5. The lowest BCUT2D eigenvalue weighted by atomic mass is 9.80. The van der Waals surface area contributed by atoms with Gasteiger partial charge in [-0.05, 0) is 29.2 Å². The number of carbonyl (C=O) groups is 1. The molecule has 0 saturated heterocycles. The van der Waals surface area contributed by atoms with Crippen molar-refractivity contribution in [1.29, 1.82) is 0 Å². The van der Waals surface area contributed by atoms with Gasteiger partial charge in [0.05, 0.1) is 13.2 Å². The Morgan fingerprint density at radius 2 is 1.79 bits per heavy atom. The van der Waals surface area contributed by atoms with Crippen LogP contribution in [0.5, 0.6) is 0 Å². The number of esters is 1. The van der Waals surface area contributed by atoms with Crippen LogP contribution in [0.15, 0.2) is 64.7 Å². The van der Waals surface area contributed by atoms with Gasteiger partial charge in [-0.15, -0.1) is 0 Å². The molecule has 0 fully saturated rings. The second-order valence-electron chi connectivity index (χ2n) is 7.87. The van der Waals surface area contributed by atoms with E-state index < -0.39 is 0 Å². The first kappa shape index (κ1) is 20.2. The molecule has 0 spiro atoms. The van der Waals surface area contributed by atoms with Crippen LogP contribution in [0.2, 0.25) is 0 Å². The quantitative estimate of drug-likeness (QED) is 0.587. The average Bonchev–Trinajstić information content (AvgIpc) is 3.27. The van der Waals surface area contributed by atoms with Gasteiger partial charge in [-0.2, -0.15) is 0 Å². The van der Waals surface area contributed by atoms with E-state index in [1.807, 2.05) is 24.3 Å². The van der Waals surface area contributed by atoms with Gasteiger partial charge in [-0.1, -0.05) is 65.3 Å². The highest BCUT2D eigenvalue weighted by molar-refractivity contribution is 9.10. The summed E-state index contributed by atoms with van der Waals surface area (Å²) >= 11 is 3.67. The molecule has 1 aliphatic carbocycles. The Morgan fingerprint density at radius 3 is 2.48 bits per heavy atom. The molecule has 0 unspecified atom stereocenters.